The number of aromatic hydroxyl groups is 1. The molecular formula is C40H30Cl2N2O6. The average molecular weight is 706 g/mol. The monoisotopic (exact) mass is 704 g/mol. The number of benzene rings is 4. The van der Waals surface area contributed by atoms with Crippen LogP contribution in [-0.4, -0.2) is 34.5 Å². The van der Waals surface area contributed by atoms with Crippen molar-refractivity contribution in [2.75, 3.05) is 9.80 Å². The van der Waals surface area contributed by atoms with E-state index in [9.17, 15) is 24.3 Å². The molecule has 3 fully saturated rings. The third-order valence-corrected chi connectivity index (χ3v) is 11.6. The van der Waals surface area contributed by atoms with E-state index in [1.165, 1.54) is 28.9 Å². The number of fused-ring (bicyclic) bond motifs is 4. The molecule has 2 aliphatic carbocycles. The second-order valence-corrected chi connectivity index (χ2v) is 14.3. The van der Waals surface area contributed by atoms with Gasteiger partial charge in [-0.3, -0.25) is 28.9 Å². The first-order valence-corrected chi connectivity index (χ1v) is 17.2. The van der Waals surface area contributed by atoms with E-state index in [4.69, 9.17) is 23.2 Å². The van der Waals surface area contributed by atoms with Crippen LogP contribution in [0.25, 0.3) is 0 Å². The summed E-state index contributed by atoms with van der Waals surface area (Å²) in [6.45, 7) is 1.45. The van der Waals surface area contributed by atoms with E-state index in [1.807, 2.05) is 36.4 Å². The van der Waals surface area contributed by atoms with Crippen LogP contribution >= 0.6 is 23.2 Å². The molecule has 2 heterocycles. The first-order valence-electron chi connectivity index (χ1n) is 16.4. The Morgan fingerprint density at radius 1 is 0.780 bits per heavy atom. The summed E-state index contributed by atoms with van der Waals surface area (Å²) in [5, 5.41) is 10.9. The molecule has 250 valence electrons. The van der Waals surface area contributed by atoms with Crippen molar-refractivity contribution in [3.63, 3.8) is 0 Å². The Kier molecular flexibility index (Phi) is 7.58. The molecule has 6 unspecified atom stereocenters. The number of nitrogens with zero attached hydrogens (tertiary/aromatic N) is 2. The Labute approximate surface area is 297 Å². The van der Waals surface area contributed by atoms with E-state index >= 15 is 4.79 Å². The Morgan fingerprint density at radius 3 is 2.20 bits per heavy atom. The molecular weight excluding hydrogens is 675 g/mol. The molecule has 50 heavy (non-hydrogen) atoms. The van der Waals surface area contributed by atoms with Crippen LogP contribution in [0.4, 0.5) is 11.4 Å². The number of hydrogen-bond donors (Lipinski definition) is 1. The summed E-state index contributed by atoms with van der Waals surface area (Å²) in [5.41, 5.74) is 1.57. The van der Waals surface area contributed by atoms with Crippen molar-refractivity contribution in [3.8, 4) is 5.75 Å². The molecule has 10 heteroatoms. The first kappa shape index (κ1) is 32.2. The van der Waals surface area contributed by atoms with E-state index in [0.717, 1.165) is 5.57 Å². The van der Waals surface area contributed by atoms with Gasteiger partial charge in [-0.1, -0.05) is 77.3 Å². The highest BCUT2D eigenvalue weighted by molar-refractivity contribution is 6.33. The van der Waals surface area contributed by atoms with Gasteiger partial charge >= 0.3 is 0 Å². The van der Waals surface area contributed by atoms with Crippen LogP contribution in [0.3, 0.4) is 0 Å². The summed E-state index contributed by atoms with van der Waals surface area (Å²) in [7, 11) is 0. The fraction of sp³-hybridized carbons (Fsp3) is 0.225. The number of amides is 4. The lowest BCUT2D eigenvalue weighted by atomic mass is 9.49. The molecule has 0 radical (unpaired) electrons. The number of rotatable bonds is 5. The van der Waals surface area contributed by atoms with Gasteiger partial charge in [0.05, 0.1) is 34.5 Å². The number of phenols is 1. The number of phenolic OH excluding ortho intramolecular Hbond substituents is 1. The molecule has 1 N–H and O–H groups in total. The zero-order chi connectivity index (χ0) is 35.1. The van der Waals surface area contributed by atoms with Gasteiger partial charge in [-0.15, -0.1) is 0 Å². The Morgan fingerprint density at radius 2 is 1.52 bits per heavy atom. The molecule has 8 rings (SSSR count). The fourth-order valence-electron chi connectivity index (χ4n) is 8.94. The third kappa shape index (κ3) is 4.55. The average Bonchev–Trinajstić information content (AvgIpc) is 3.49. The van der Waals surface area contributed by atoms with Crippen LogP contribution in [0.2, 0.25) is 10.0 Å². The van der Waals surface area contributed by atoms with Crippen molar-refractivity contribution < 1.29 is 29.1 Å². The van der Waals surface area contributed by atoms with E-state index in [2.05, 4.69) is 0 Å². The topological polar surface area (TPSA) is 112 Å². The minimum atomic E-state index is -1.48. The van der Waals surface area contributed by atoms with Gasteiger partial charge in [0.1, 0.15) is 5.75 Å². The van der Waals surface area contributed by atoms with Crippen molar-refractivity contribution in [1.82, 2.24) is 0 Å². The summed E-state index contributed by atoms with van der Waals surface area (Å²) < 4.78 is 0. The molecule has 0 bridgehead atoms. The van der Waals surface area contributed by atoms with Gasteiger partial charge in [0.2, 0.25) is 23.6 Å². The summed E-state index contributed by atoms with van der Waals surface area (Å²) in [6.07, 6.45) is 2.32. The van der Waals surface area contributed by atoms with E-state index in [0.29, 0.717) is 33.1 Å². The zero-order valence-corrected chi connectivity index (χ0v) is 28.3. The van der Waals surface area contributed by atoms with Gasteiger partial charge in [0, 0.05) is 21.5 Å². The van der Waals surface area contributed by atoms with E-state index < -0.39 is 52.7 Å². The standard InChI is InChI=1S/C40H30Cl2N2O6/c1-21(45)22-10-12-25(13-11-22)43-36(47)30-17-16-28-31(34(30)38(43)49)20-32-37(48)44(26-9-5-8-24(41)18-26)39(50)40(32,23-6-3-2-4-7-23)35(28)29-15-14-27(46)19-33(29)42/h2-16,18-19,30-32,34-35,46H,17,20H2,1H3. The van der Waals surface area contributed by atoms with Crippen molar-refractivity contribution in [2.24, 2.45) is 23.7 Å². The minimum Gasteiger partial charge on any atom is -0.508 e. The van der Waals surface area contributed by atoms with Gasteiger partial charge in [0.15, 0.2) is 5.78 Å². The van der Waals surface area contributed by atoms with Crippen molar-refractivity contribution in [1.29, 1.82) is 0 Å². The summed E-state index contributed by atoms with van der Waals surface area (Å²) in [6, 6.07) is 26.7. The van der Waals surface area contributed by atoms with Crippen molar-refractivity contribution in [2.45, 2.75) is 31.1 Å². The molecule has 0 spiro atoms. The molecule has 2 saturated heterocycles. The third-order valence-electron chi connectivity index (χ3n) is 11.0. The van der Waals surface area contributed by atoms with Gasteiger partial charge in [0.25, 0.3) is 0 Å². The lowest BCUT2D eigenvalue weighted by Gasteiger charge is -2.51. The van der Waals surface area contributed by atoms with Crippen LogP contribution in [-0.2, 0) is 24.6 Å². The number of Topliss-reactive ketones (excluding diaryl/α,β-unsaturated/α-hetero) is 1. The number of ketones is 1. The Bertz CT molecular complexity index is 2170. The van der Waals surface area contributed by atoms with Crippen molar-refractivity contribution in [3.05, 3.63) is 135 Å². The maximum absolute atomic E-state index is 15.3. The molecule has 2 aliphatic heterocycles. The number of allylic oxidation sites excluding steroid dienone is 2. The van der Waals surface area contributed by atoms with E-state index in [-0.39, 0.29) is 35.3 Å². The first-order chi connectivity index (χ1) is 24.0. The van der Waals surface area contributed by atoms with Gasteiger partial charge in [-0.2, -0.15) is 0 Å². The van der Waals surface area contributed by atoms with Crippen LogP contribution in [0.5, 0.6) is 5.75 Å². The SMILES string of the molecule is CC(=O)c1ccc(N2C(=O)C3CC=C4C(CC5C(=O)N(c6cccc(Cl)c6)C(=O)C5(c5ccccc5)C4c4ccc(O)cc4Cl)C3C2=O)cc1. The maximum Gasteiger partial charge on any atom is 0.246 e. The maximum atomic E-state index is 15.3. The largest absolute Gasteiger partial charge is 0.508 e. The molecule has 0 aromatic heterocycles. The predicted molar refractivity (Wildman–Crippen MR) is 188 cm³/mol. The zero-order valence-electron chi connectivity index (χ0n) is 26.8. The second-order valence-electron chi connectivity index (χ2n) is 13.4. The summed E-state index contributed by atoms with van der Waals surface area (Å²) >= 11 is 13.3. The normalized spacial score (nSPS) is 27.2. The van der Waals surface area contributed by atoms with Crippen molar-refractivity contribution >= 4 is 64.0 Å². The van der Waals surface area contributed by atoms with Crippen LogP contribution in [0, 0.1) is 23.7 Å². The molecule has 6 atom stereocenters. The number of anilines is 2. The smallest absolute Gasteiger partial charge is 0.246 e. The van der Waals surface area contributed by atoms with Gasteiger partial charge < -0.3 is 5.11 Å². The lowest BCUT2D eigenvalue weighted by molar-refractivity contribution is -0.127. The highest BCUT2D eigenvalue weighted by Crippen LogP contribution is 2.65. The molecule has 4 aromatic rings. The number of imide groups is 2. The highest BCUT2D eigenvalue weighted by Gasteiger charge is 2.70. The van der Waals surface area contributed by atoms with Gasteiger partial charge in [-0.25, -0.2) is 4.90 Å². The summed E-state index contributed by atoms with van der Waals surface area (Å²) in [4.78, 5) is 72.9. The number of carbonyl (C=O) groups excluding carboxylic acids is 5. The Balaban J connectivity index is 1.33. The second kappa shape index (κ2) is 11.8. The number of hydrogen-bond acceptors (Lipinski definition) is 6. The summed E-state index contributed by atoms with van der Waals surface area (Å²) in [5.74, 6) is -5.65. The predicted octanol–water partition coefficient (Wildman–Crippen LogP) is 7.27. The van der Waals surface area contributed by atoms with Crippen LogP contribution in [0.15, 0.2) is 109 Å². The highest BCUT2D eigenvalue weighted by atomic mass is 35.5. The van der Waals surface area contributed by atoms with Crippen LogP contribution in [0.1, 0.15) is 47.2 Å². The number of halogens is 2. The number of carbonyl (C=O) groups is 5. The molecule has 4 amide bonds. The quantitative estimate of drug-likeness (QED) is 0.133. The molecule has 1 saturated carbocycles. The molecule has 4 aromatic carbocycles. The van der Waals surface area contributed by atoms with Gasteiger partial charge in [-0.05, 0) is 91.4 Å². The molecule has 4 aliphatic rings. The molecule has 8 nitrogen and oxygen atoms in total. The minimum absolute atomic E-state index is 0.0634. The van der Waals surface area contributed by atoms with Crippen LogP contribution < -0.4 is 9.80 Å². The fourth-order valence-corrected chi connectivity index (χ4v) is 9.41. The Hall–Kier alpha value is -5.05. The van der Waals surface area contributed by atoms with E-state index in [1.54, 1.807) is 54.6 Å². The lowest BCUT2D eigenvalue weighted by Crippen LogP contribution is -2.53.